The van der Waals surface area contributed by atoms with Crippen molar-refractivity contribution in [3.63, 3.8) is 0 Å². The Kier molecular flexibility index (Phi) is 3.39. The highest BCUT2D eigenvalue weighted by Gasteiger charge is 2.34. The van der Waals surface area contributed by atoms with Crippen LogP contribution < -0.4 is 5.32 Å². The van der Waals surface area contributed by atoms with Crippen molar-refractivity contribution in [1.29, 1.82) is 0 Å². The number of benzene rings is 1. The van der Waals surface area contributed by atoms with E-state index in [1.165, 1.54) is 6.07 Å². The van der Waals surface area contributed by atoms with Gasteiger partial charge in [0, 0.05) is 17.7 Å². The van der Waals surface area contributed by atoms with Crippen LogP contribution in [0.1, 0.15) is 47.8 Å². The molecule has 0 saturated heterocycles. The second-order valence-corrected chi connectivity index (χ2v) is 5.99. The molecule has 6 heteroatoms. The van der Waals surface area contributed by atoms with Gasteiger partial charge < -0.3 is 5.32 Å². The van der Waals surface area contributed by atoms with Crippen LogP contribution in [-0.4, -0.2) is 24.0 Å². The van der Waals surface area contributed by atoms with E-state index in [0.717, 1.165) is 11.3 Å². The highest BCUT2D eigenvalue weighted by Crippen LogP contribution is 2.36. The summed E-state index contributed by atoms with van der Waals surface area (Å²) in [7, 11) is 0. The lowest BCUT2D eigenvalue weighted by Gasteiger charge is -2.14. The van der Waals surface area contributed by atoms with Crippen molar-refractivity contribution in [3.8, 4) is 0 Å². The summed E-state index contributed by atoms with van der Waals surface area (Å²) in [5, 5.41) is 2.91. The number of fused-ring (bicyclic) bond motifs is 2. The van der Waals surface area contributed by atoms with Crippen LogP contribution in [0.15, 0.2) is 24.3 Å². The first-order valence-electron chi connectivity index (χ1n) is 6.34. The molecule has 1 N–H and O–H groups in total. The van der Waals surface area contributed by atoms with Crippen LogP contribution in [0.25, 0.3) is 0 Å². The van der Waals surface area contributed by atoms with Crippen LogP contribution in [0.3, 0.4) is 0 Å². The summed E-state index contributed by atoms with van der Waals surface area (Å²) in [4.78, 5) is 37.5. The number of amides is 1. The summed E-state index contributed by atoms with van der Waals surface area (Å²) >= 11 is 7.07. The van der Waals surface area contributed by atoms with Crippen LogP contribution in [0.4, 0.5) is 0 Å². The summed E-state index contributed by atoms with van der Waals surface area (Å²) in [6, 6.07) is 6.27. The molecule has 1 aromatic carbocycles. The van der Waals surface area contributed by atoms with Crippen molar-refractivity contribution in [1.82, 2.24) is 5.32 Å². The molecule has 1 aliphatic carbocycles. The lowest BCUT2D eigenvalue weighted by molar-refractivity contribution is 0.0959. The Morgan fingerprint density at radius 2 is 2.00 bits per heavy atom. The van der Waals surface area contributed by atoms with Gasteiger partial charge in [0.15, 0.2) is 5.78 Å². The van der Waals surface area contributed by atoms with Crippen LogP contribution in [0.5, 0.6) is 0 Å². The lowest BCUT2D eigenvalue weighted by Crippen LogP contribution is -2.21. The smallest absolute Gasteiger partial charge is 0.261 e. The van der Waals surface area contributed by atoms with Crippen molar-refractivity contribution in [2.75, 3.05) is 6.54 Å². The summed E-state index contributed by atoms with van der Waals surface area (Å²) in [5.74, 6) is -0.854. The maximum Gasteiger partial charge on any atom is 0.261 e. The Labute approximate surface area is 129 Å². The number of carbonyl (C=O) groups excluding carboxylic acids is 3. The molecule has 1 aliphatic rings. The summed E-state index contributed by atoms with van der Waals surface area (Å²) < 4.78 is 0. The first kappa shape index (κ1) is 14.0. The van der Waals surface area contributed by atoms with Gasteiger partial charge in [0.2, 0.25) is 5.78 Å². The lowest BCUT2D eigenvalue weighted by atomic mass is 9.89. The minimum atomic E-state index is -0.300. The van der Waals surface area contributed by atoms with E-state index in [-0.39, 0.29) is 38.5 Å². The first-order chi connectivity index (χ1) is 10.0. The normalized spacial score (nSPS) is 12.9. The largest absolute Gasteiger partial charge is 0.352 e. The van der Waals surface area contributed by atoms with E-state index in [4.69, 9.17) is 11.6 Å². The van der Waals surface area contributed by atoms with E-state index in [1.807, 2.05) is 0 Å². The molecule has 0 fully saturated rings. The molecule has 0 radical (unpaired) electrons. The molecule has 0 bridgehead atoms. The molecule has 3 rings (SSSR count). The maximum absolute atomic E-state index is 12.5. The van der Waals surface area contributed by atoms with Gasteiger partial charge >= 0.3 is 0 Å². The second-order valence-electron chi connectivity index (χ2n) is 4.53. The predicted octanol–water partition coefficient (Wildman–Crippen LogP) is 2.93. The standard InChI is InChI=1S/C15H10ClNO3S/c1-2-17-15(20)10-6-8-12(18)7-4-3-5-9(16)11(7)13(19)14(8)21-10/h3-6H,2H2,1H3,(H,17,20). The third-order valence-electron chi connectivity index (χ3n) is 3.23. The molecule has 0 spiro atoms. The highest BCUT2D eigenvalue weighted by molar-refractivity contribution is 7.16. The summed E-state index contributed by atoms with van der Waals surface area (Å²) in [6.45, 7) is 2.28. The molecule has 0 saturated carbocycles. The number of thiophene rings is 1. The number of hydrogen-bond donors (Lipinski definition) is 1. The van der Waals surface area contributed by atoms with E-state index in [9.17, 15) is 14.4 Å². The van der Waals surface area contributed by atoms with Gasteiger partial charge in [-0.2, -0.15) is 0 Å². The Balaban J connectivity index is 2.15. The molecular formula is C15H10ClNO3S. The molecule has 0 atom stereocenters. The molecule has 4 nitrogen and oxygen atoms in total. The molecule has 1 amide bonds. The fourth-order valence-corrected chi connectivity index (χ4v) is 3.57. The first-order valence-corrected chi connectivity index (χ1v) is 7.54. The number of nitrogens with one attached hydrogen (secondary N) is 1. The van der Waals surface area contributed by atoms with Gasteiger partial charge in [-0.1, -0.05) is 23.7 Å². The van der Waals surface area contributed by atoms with Gasteiger partial charge in [-0.05, 0) is 19.1 Å². The van der Waals surface area contributed by atoms with Gasteiger partial charge in [-0.25, -0.2) is 0 Å². The van der Waals surface area contributed by atoms with Crippen molar-refractivity contribution in [2.45, 2.75) is 6.92 Å². The maximum atomic E-state index is 12.5. The third kappa shape index (κ3) is 2.09. The minimum Gasteiger partial charge on any atom is -0.352 e. The van der Waals surface area contributed by atoms with Crippen LogP contribution in [0.2, 0.25) is 5.02 Å². The van der Waals surface area contributed by atoms with Crippen LogP contribution in [-0.2, 0) is 0 Å². The Morgan fingerprint density at radius 1 is 1.24 bits per heavy atom. The average Bonchev–Trinajstić information content (AvgIpc) is 2.90. The number of halogens is 1. The van der Waals surface area contributed by atoms with Crippen molar-refractivity contribution < 1.29 is 14.4 Å². The average molecular weight is 320 g/mol. The topological polar surface area (TPSA) is 63.2 Å². The molecule has 2 aromatic rings. The molecule has 21 heavy (non-hydrogen) atoms. The van der Waals surface area contributed by atoms with Gasteiger partial charge in [-0.15, -0.1) is 11.3 Å². The molecule has 0 unspecified atom stereocenters. The summed E-state index contributed by atoms with van der Waals surface area (Å²) in [6.07, 6.45) is 0. The number of hydrogen-bond acceptors (Lipinski definition) is 4. The Bertz CT molecular complexity index is 794. The minimum absolute atomic E-state index is 0.223. The fraction of sp³-hybridized carbons (Fsp3) is 0.133. The van der Waals surface area contributed by atoms with E-state index >= 15 is 0 Å². The second kappa shape index (κ2) is 5.09. The van der Waals surface area contributed by atoms with Gasteiger partial charge in [0.25, 0.3) is 5.91 Å². The monoisotopic (exact) mass is 319 g/mol. The Hall–Kier alpha value is -1.98. The molecule has 106 valence electrons. The zero-order chi connectivity index (χ0) is 15.1. The number of carbonyl (C=O) groups is 3. The van der Waals surface area contributed by atoms with Gasteiger partial charge in [-0.3, -0.25) is 14.4 Å². The molecule has 0 aliphatic heterocycles. The fourth-order valence-electron chi connectivity index (χ4n) is 2.29. The summed E-state index contributed by atoms with van der Waals surface area (Å²) in [5.41, 5.74) is 0.794. The number of rotatable bonds is 2. The van der Waals surface area contributed by atoms with Crippen LogP contribution >= 0.6 is 22.9 Å². The van der Waals surface area contributed by atoms with Crippen molar-refractivity contribution >= 4 is 40.4 Å². The van der Waals surface area contributed by atoms with Crippen LogP contribution in [0, 0.1) is 0 Å². The van der Waals surface area contributed by atoms with E-state index in [2.05, 4.69) is 5.32 Å². The number of ketones is 2. The van der Waals surface area contributed by atoms with Crippen molar-refractivity contribution in [2.24, 2.45) is 0 Å². The molecule has 1 aromatic heterocycles. The van der Waals surface area contributed by atoms with E-state index in [1.54, 1.807) is 25.1 Å². The van der Waals surface area contributed by atoms with Gasteiger partial charge in [0.05, 0.1) is 20.3 Å². The molecule has 1 heterocycles. The third-order valence-corrected chi connectivity index (χ3v) is 4.68. The van der Waals surface area contributed by atoms with E-state index < -0.39 is 0 Å². The molecular weight excluding hydrogens is 310 g/mol. The highest BCUT2D eigenvalue weighted by atomic mass is 35.5. The predicted molar refractivity (Wildman–Crippen MR) is 80.6 cm³/mol. The zero-order valence-corrected chi connectivity index (χ0v) is 12.6. The quantitative estimate of drug-likeness (QED) is 0.790. The van der Waals surface area contributed by atoms with Crippen molar-refractivity contribution in [3.05, 3.63) is 55.7 Å². The Morgan fingerprint density at radius 3 is 2.71 bits per heavy atom. The zero-order valence-electron chi connectivity index (χ0n) is 11.0. The van der Waals surface area contributed by atoms with Gasteiger partial charge in [0.1, 0.15) is 0 Å². The van der Waals surface area contributed by atoms with E-state index in [0.29, 0.717) is 17.0 Å². The SMILES string of the molecule is CCNC(=O)c1cc2c(s1)C(=O)c1c(Cl)cccc1C2=O.